The topological polar surface area (TPSA) is 83.2 Å². The molecule has 25 heavy (non-hydrogen) atoms. The summed E-state index contributed by atoms with van der Waals surface area (Å²) in [4.78, 5) is 12.6. The summed E-state index contributed by atoms with van der Waals surface area (Å²) in [6, 6.07) is 8.00. The third kappa shape index (κ3) is 4.67. The number of hydrogen-bond donors (Lipinski definition) is 2. The maximum Gasteiger partial charge on any atom is 0.201 e. The van der Waals surface area contributed by atoms with Crippen LogP contribution in [-0.4, -0.2) is 40.8 Å². The van der Waals surface area contributed by atoms with E-state index in [1.165, 1.54) is 6.07 Å². The fraction of sp³-hybridized carbons (Fsp3) is 0.333. The molecule has 1 aliphatic heterocycles. The highest BCUT2D eigenvalue weighted by atomic mass is 19.1. The predicted octanol–water partition coefficient (Wildman–Crippen LogP) is 2.35. The van der Waals surface area contributed by atoms with Gasteiger partial charge in [0.2, 0.25) is 5.90 Å². The molecule has 1 aliphatic rings. The Labute approximate surface area is 145 Å². The fourth-order valence-electron chi connectivity index (χ4n) is 2.56. The summed E-state index contributed by atoms with van der Waals surface area (Å²) in [6.45, 7) is 1.62. The largest absolute Gasteiger partial charge is 0.480 e. The second kappa shape index (κ2) is 8.43. The van der Waals surface area contributed by atoms with Crippen LogP contribution in [0.25, 0.3) is 0 Å². The Kier molecular flexibility index (Phi) is 5.79. The van der Waals surface area contributed by atoms with Gasteiger partial charge < -0.3 is 15.5 Å². The summed E-state index contributed by atoms with van der Waals surface area (Å²) in [5.74, 6) is 0.668. The van der Waals surface area contributed by atoms with E-state index >= 15 is 0 Å². The van der Waals surface area contributed by atoms with Crippen LogP contribution >= 0.6 is 0 Å². The molecule has 2 heterocycles. The van der Waals surface area contributed by atoms with Crippen molar-refractivity contribution in [2.45, 2.75) is 25.4 Å². The zero-order valence-corrected chi connectivity index (χ0v) is 13.8. The standard InChI is InChI=1S/C18H20FN5O/c19-14-6-2-1-5-13(14)12-24-16(18-23-9-4-10-25-18)11-15(20)17-21-7-3-8-22-17/h1-3,5-8,16,20,24H,4,9-12H2. The first-order valence-corrected chi connectivity index (χ1v) is 8.23. The first-order valence-electron chi connectivity index (χ1n) is 8.23. The van der Waals surface area contributed by atoms with Crippen molar-refractivity contribution in [2.24, 2.45) is 4.99 Å². The molecule has 0 saturated carbocycles. The van der Waals surface area contributed by atoms with Crippen LogP contribution in [0.5, 0.6) is 0 Å². The normalized spacial score (nSPS) is 15.2. The van der Waals surface area contributed by atoms with E-state index in [1.54, 1.807) is 36.7 Å². The van der Waals surface area contributed by atoms with E-state index in [9.17, 15) is 4.39 Å². The van der Waals surface area contributed by atoms with Crippen LogP contribution in [0.1, 0.15) is 24.2 Å². The molecule has 1 aromatic heterocycles. The summed E-state index contributed by atoms with van der Waals surface area (Å²) >= 11 is 0. The number of aliphatic imine (C=N–C) groups is 1. The number of rotatable bonds is 7. The molecule has 0 aliphatic carbocycles. The lowest BCUT2D eigenvalue weighted by Crippen LogP contribution is -2.41. The van der Waals surface area contributed by atoms with Gasteiger partial charge in [-0.05, 0) is 12.1 Å². The van der Waals surface area contributed by atoms with Crippen molar-refractivity contribution in [1.82, 2.24) is 15.3 Å². The average molecular weight is 341 g/mol. The van der Waals surface area contributed by atoms with Gasteiger partial charge in [0.1, 0.15) is 5.82 Å². The summed E-state index contributed by atoms with van der Waals surface area (Å²) in [5.41, 5.74) is 0.843. The molecular weight excluding hydrogens is 321 g/mol. The van der Waals surface area contributed by atoms with Gasteiger partial charge in [0.05, 0.1) is 18.4 Å². The number of hydrogen-bond acceptors (Lipinski definition) is 6. The lowest BCUT2D eigenvalue weighted by atomic mass is 10.1. The van der Waals surface area contributed by atoms with E-state index in [1.807, 2.05) is 0 Å². The van der Waals surface area contributed by atoms with Crippen molar-refractivity contribution in [3.8, 4) is 0 Å². The van der Waals surface area contributed by atoms with Crippen LogP contribution in [0, 0.1) is 11.2 Å². The number of ether oxygens (including phenoxy) is 1. The molecule has 1 unspecified atom stereocenters. The predicted molar refractivity (Wildman–Crippen MR) is 93.4 cm³/mol. The van der Waals surface area contributed by atoms with E-state index in [-0.39, 0.29) is 17.6 Å². The van der Waals surface area contributed by atoms with Gasteiger partial charge in [-0.1, -0.05) is 18.2 Å². The highest BCUT2D eigenvalue weighted by Crippen LogP contribution is 2.11. The highest BCUT2D eigenvalue weighted by molar-refractivity contribution is 5.98. The third-order valence-electron chi connectivity index (χ3n) is 3.86. The molecule has 0 bridgehead atoms. The molecule has 130 valence electrons. The number of halogens is 1. The number of aromatic nitrogens is 2. The molecule has 2 aromatic rings. The highest BCUT2D eigenvalue weighted by Gasteiger charge is 2.23. The maximum atomic E-state index is 13.8. The van der Waals surface area contributed by atoms with Gasteiger partial charge in [0.25, 0.3) is 0 Å². The fourth-order valence-corrected chi connectivity index (χ4v) is 2.56. The van der Waals surface area contributed by atoms with Gasteiger partial charge in [0, 0.05) is 43.9 Å². The molecule has 7 heteroatoms. The molecule has 0 fully saturated rings. The van der Waals surface area contributed by atoms with E-state index < -0.39 is 0 Å². The Morgan fingerprint density at radius 2 is 2.04 bits per heavy atom. The Morgan fingerprint density at radius 3 is 2.76 bits per heavy atom. The minimum Gasteiger partial charge on any atom is -0.480 e. The second-order valence-corrected chi connectivity index (χ2v) is 5.70. The lowest BCUT2D eigenvalue weighted by Gasteiger charge is -2.23. The monoisotopic (exact) mass is 341 g/mol. The number of nitrogens with zero attached hydrogens (tertiary/aromatic N) is 3. The number of benzene rings is 1. The molecule has 0 saturated heterocycles. The van der Waals surface area contributed by atoms with Crippen LogP contribution in [0.4, 0.5) is 4.39 Å². The van der Waals surface area contributed by atoms with Crippen LogP contribution in [0.3, 0.4) is 0 Å². The van der Waals surface area contributed by atoms with Crippen molar-refractivity contribution in [2.75, 3.05) is 13.2 Å². The SMILES string of the molecule is N=C(CC(NCc1ccccc1F)C1=NCCCO1)c1ncccn1. The summed E-state index contributed by atoms with van der Waals surface area (Å²) < 4.78 is 19.5. The van der Waals surface area contributed by atoms with Crippen molar-refractivity contribution >= 4 is 11.6 Å². The Bertz CT molecular complexity index is 750. The molecule has 1 atom stereocenters. The zero-order valence-electron chi connectivity index (χ0n) is 13.8. The van der Waals surface area contributed by atoms with Gasteiger partial charge >= 0.3 is 0 Å². The van der Waals surface area contributed by atoms with E-state index in [0.29, 0.717) is 43.4 Å². The van der Waals surface area contributed by atoms with Gasteiger partial charge in [-0.3, -0.25) is 4.99 Å². The van der Waals surface area contributed by atoms with Crippen molar-refractivity contribution < 1.29 is 9.13 Å². The minimum absolute atomic E-state index is 0.262. The Balaban J connectivity index is 1.72. The Morgan fingerprint density at radius 1 is 1.24 bits per heavy atom. The average Bonchev–Trinajstić information content (AvgIpc) is 2.67. The summed E-state index contributed by atoms with van der Waals surface area (Å²) in [5, 5.41) is 11.5. The van der Waals surface area contributed by atoms with Crippen LogP contribution < -0.4 is 5.32 Å². The Hall–Kier alpha value is -2.67. The van der Waals surface area contributed by atoms with Gasteiger partial charge in [-0.25, -0.2) is 14.4 Å². The molecule has 1 aromatic carbocycles. The third-order valence-corrected chi connectivity index (χ3v) is 3.86. The summed E-state index contributed by atoms with van der Waals surface area (Å²) in [7, 11) is 0. The van der Waals surface area contributed by atoms with Crippen molar-refractivity contribution in [3.05, 3.63) is 59.9 Å². The quantitative estimate of drug-likeness (QED) is 0.757. The lowest BCUT2D eigenvalue weighted by molar-refractivity contribution is 0.263. The molecular formula is C18H20FN5O. The van der Waals surface area contributed by atoms with Gasteiger partial charge in [-0.15, -0.1) is 0 Å². The zero-order chi connectivity index (χ0) is 17.5. The summed E-state index contributed by atoms with van der Waals surface area (Å²) in [6.07, 6.45) is 4.40. The van der Waals surface area contributed by atoms with Crippen molar-refractivity contribution in [1.29, 1.82) is 5.41 Å². The molecule has 2 N–H and O–H groups in total. The maximum absolute atomic E-state index is 13.8. The first-order chi connectivity index (χ1) is 12.2. The number of nitrogens with one attached hydrogen (secondary N) is 2. The first kappa shape index (κ1) is 17.2. The van der Waals surface area contributed by atoms with Crippen LogP contribution in [0.15, 0.2) is 47.7 Å². The van der Waals surface area contributed by atoms with Crippen LogP contribution in [0.2, 0.25) is 0 Å². The molecule has 3 rings (SSSR count). The molecule has 6 nitrogen and oxygen atoms in total. The van der Waals surface area contributed by atoms with E-state index in [0.717, 1.165) is 6.42 Å². The smallest absolute Gasteiger partial charge is 0.201 e. The minimum atomic E-state index is -0.323. The van der Waals surface area contributed by atoms with Crippen LogP contribution in [-0.2, 0) is 11.3 Å². The van der Waals surface area contributed by atoms with Gasteiger partial charge in [0.15, 0.2) is 5.82 Å². The molecule has 0 spiro atoms. The van der Waals surface area contributed by atoms with Gasteiger partial charge in [-0.2, -0.15) is 0 Å². The van der Waals surface area contributed by atoms with Crippen molar-refractivity contribution in [3.63, 3.8) is 0 Å². The molecule has 0 radical (unpaired) electrons. The molecule has 0 amide bonds. The van der Waals surface area contributed by atoms with E-state index in [2.05, 4.69) is 20.3 Å². The van der Waals surface area contributed by atoms with E-state index in [4.69, 9.17) is 10.1 Å². The second-order valence-electron chi connectivity index (χ2n) is 5.70.